The summed E-state index contributed by atoms with van der Waals surface area (Å²) in [5, 5.41) is 9.60. The summed E-state index contributed by atoms with van der Waals surface area (Å²) in [6.45, 7) is -1.14. The molecule has 1 N–H and O–H groups in total. The van der Waals surface area contributed by atoms with Crippen LogP contribution in [0.15, 0.2) is 61.2 Å². The lowest BCUT2D eigenvalue weighted by atomic mass is 9.93. The van der Waals surface area contributed by atoms with E-state index in [1.54, 1.807) is 6.07 Å². The predicted molar refractivity (Wildman–Crippen MR) is 94.3 cm³/mol. The van der Waals surface area contributed by atoms with E-state index in [9.17, 15) is 22.3 Å². The monoisotopic (exact) mass is 429 g/mol. The highest BCUT2D eigenvalue weighted by atomic mass is 32.2. The topological polar surface area (TPSA) is 85.1 Å². The smallest absolute Gasteiger partial charge is 0.376 e. The number of sulfone groups is 1. The van der Waals surface area contributed by atoms with E-state index in [1.165, 1.54) is 24.3 Å². The van der Waals surface area contributed by atoms with Gasteiger partial charge in [0.2, 0.25) is 9.84 Å². The van der Waals surface area contributed by atoms with Crippen LogP contribution in [0.5, 0.6) is 0 Å². The largest absolute Gasteiger partial charge is 0.379 e. The van der Waals surface area contributed by atoms with Crippen molar-refractivity contribution < 1.29 is 31.1 Å². The van der Waals surface area contributed by atoms with Crippen LogP contribution in [-0.2, 0) is 27.7 Å². The van der Waals surface area contributed by atoms with Crippen molar-refractivity contribution in [3.8, 4) is 0 Å². The van der Waals surface area contributed by atoms with Crippen LogP contribution in [0.3, 0.4) is 0 Å². The second kappa shape index (κ2) is 7.56. The first-order chi connectivity index (χ1) is 13.6. The van der Waals surface area contributed by atoms with Gasteiger partial charge in [0.1, 0.15) is 24.3 Å². The van der Waals surface area contributed by atoms with Gasteiger partial charge in [-0.15, -0.1) is 0 Å². The Balaban J connectivity index is 2.13. The lowest BCUT2D eigenvalue weighted by molar-refractivity contribution is -0.145. The molecule has 3 rings (SSSR count). The van der Waals surface area contributed by atoms with Gasteiger partial charge in [-0.3, -0.25) is 0 Å². The van der Waals surface area contributed by atoms with Gasteiger partial charge in [-0.25, -0.2) is 26.9 Å². The first kappa shape index (κ1) is 20.9. The molecule has 154 valence electrons. The zero-order valence-corrected chi connectivity index (χ0v) is 15.5. The molecular weight excluding hydrogens is 414 g/mol. The van der Waals surface area contributed by atoms with Crippen molar-refractivity contribution in [2.45, 2.75) is 23.2 Å². The van der Waals surface area contributed by atoms with Gasteiger partial charge in [-0.1, -0.05) is 30.3 Å². The Hall–Kier alpha value is -2.79. The third-order valence-electron chi connectivity index (χ3n) is 4.31. The van der Waals surface area contributed by atoms with E-state index in [2.05, 4.69) is 10.1 Å². The number of aromatic nitrogens is 3. The fraction of sp³-hybridized carbons (Fsp3) is 0.222. The molecular formula is C18H15F4N3O3S. The Morgan fingerprint density at radius 1 is 1.07 bits per heavy atom. The zero-order valence-electron chi connectivity index (χ0n) is 14.7. The summed E-state index contributed by atoms with van der Waals surface area (Å²) in [7, 11) is -5.35. The number of benzene rings is 2. The summed E-state index contributed by atoms with van der Waals surface area (Å²) < 4.78 is 84.2. The van der Waals surface area contributed by atoms with Gasteiger partial charge < -0.3 is 5.11 Å². The van der Waals surface area contributed by atoms with Gasteiger partial charge in [0.05, 0.1) is 12.3 Å². The third kappa shape index (κ3) is 3.87. The summed E-state index contributed by atoms with van der Waals surface area (Å²) in [5.74, 6) is -3.71. The molecule has 2 aromatic carbocycles. The fourth-order valence-electron chi connectivity index (χ4n) is 2.85. The maximum atomic E-state index is 15.3. The molecule has 1 aromatic heterocycles. The van der Waals surface area contributed by atoms with E-state index >= 15 is 8.78 Å². The molecule has 0 radical (unpaired) electrons. The first-order valence-corrected chi connectivity index (χ1v) is 9.86. The van der Waals surface area contributed by atoms with Crippen molar-refractivity contribution in [2.24, 2.45) is 0 Å². The number of halogens is 4. The van der Waals surface area contributed by atoms with Crippen LogP contribution in [0.25, 0.3) is 0 Å². The number of alkyl halides is 2. The van der Waals surface area contributed by atoms with E-state index in [0.29, 0.717) is 12.1 Å². The fourth-order valence-corrected chi connectivity index (χ4v) is 4.35. The maximum Gasteiger partial charge on any atom is 0.379 e. The van der Waals surface area contributed by atoms with Crippen LogP contribution in [0, 0.1) is 11.6 Å². The highest BCUT2D eigenvalue weighted by Crippen LogP contribution is 2.45. The van der Waals surface area contributed by atoms with Crippen molar-refractivity contribution in [3.63, 3.8) is 0 Å². The number of aliphatic hydroxyl groups is 1. The van der Waals surface area contributed by atoms with Crippen LogP contribution in [0.1, 0.15) is 11.1 Å². The van der Waals surface area contributed by atoms with Crippen LogP contribution in [0.4, 0.5) is 17.6 Å². The van der Waals surface area contributed by atoms with Crippen molar-refractivity contribution in [1.82, 2.24) is 14.8 Å². The molecule has 0 aliphatic rings. The molecule has 0 bridgehead atoms. The molecule has 29 heavy (non-hydrogen) atoms. The van der Waals surface area contributed by atoms with Gasteiger partial charge in [-0.2, -0.15) is 13.9 Å². The van der Waals surface area contributed by atoms with Crippen molar-refractivity contribution in [2.75, 3.05) is 0 Å². The Labute approximate surface area is 163 Å². The number of hydrogen-bond acceptors (Lipinski definition) is 5. The summed E-state index contributed by atoms with van der Waals surface area (Å²) in [4.78, 5) is 3.54. The van der Waals surface area contributed by atoms with E-state index in [-0.39, 0.29) is 11.6 Å². The summed E-state index contributed by atoms with van der Waals surface area (Å²) in [6, 6.07) is 8.64. The van der Waals surface area contributed by atoms with Crippen LogP contribution >= 0.6 is 0 Å². The molecule has 0 spiro atoms. The highest BCUT2D eigenvalue weighted by Gasteiger charge is 2.64. The predicted octanol–water partition coefficient (Wildman–Crippen LogP) is 2.65. The second-order valence-electron chi connectivity index (χ2n) is 6.34. The molecule has 11 heteroatoms. The first-order valence-electron chi connectivity index (χ1n) is 8.21. The molecule has 0 amide bonds. The van der Waals surface area contributed by atoms with Crippen LogP contribution in [0.2, 0.25) is 0 Å². The van der Waals surface area contributed by atoms with E-state index in [1.807, 2.05) is 0 Å². The summed E-state index contributed by atoms with van der Waals surface area (Å²) in [6.07, 6.45) is 1.92. The Morgan fingerprint density at radius 2 is 1.76 bits per heavy atom. The SMILES string of the molecule is O=S(=O)(Cc1ccccc1)C(F)(F)C(O)(Cn1cncn1)c1ccc(F)cc1F. The standard InChI is InChI=1S/C18H15F4N3O3S/c19-14-6-7-15(16(20)8-14)17(26,10-25-12-23-11-24-25)18(21,22)29(27,28)9-13-4-2-1-3-5-13/h1-8,11-12,26H,9-10H2. The summed E-state index contributed by atoms with van der Waals surface area (Å²) in [5.41, 5.74) is -4.63. The van der Waals surface area contributed by atoms with Crippen LogP contribution in [-0.4, -0.2) is 33.5 Å². The highest BCUT2D eigenvalue weighted by molar-refractivity contribution is 7.91. The second-order valence-corrected chi connectivity index (χ2v) is 8.37. The molecule has 1 unspecified atom stereocenters. The molecule has 1 heterocycles. The molecule has 0 saturated heterocycles. The minimum Gasteiger partial charge on any atom is -0.376 e. The molecule has 0 aliphatic heterocycles. The summed E-state index contributed by atoms with van der Waals surface area (Å²) >= 11 is 0. The van der Waals surface area contributed by atoms with Gasteiger partial charge in [-0.05, 0) is 17.7 Å². The normalized spacial score (nSPS) is 14.5. The van der Waals surface area contributed by atoms with Crippen molar-refractivity contribution >= 4 is 9.84 Å². The molecule has 0 aliphatic carbocycles. The Morgan fingerprint density at radius 3 is 2.34 bits per heavy atom. The molecule has 0 fully saturated rings. The lowest BCUT2D eigenvalue weighted by Gasteiger charge is -2.35. The molecule has 6 nitrogen and oxygen atoms in total. The maximum absolute atomic E-state index is 15.3. The van der Waals surface area contributed by atoms with Gasteiger partial charge in [0.25, 0.3) is 0 Å². The van der Waals surface area contributed by atoms with E-state index < -0.39 is 50.2 Å². The lowest BCUT2D eigenvalue weighted by Crippen LogP contribution is -2.54. The number of hydrogen-bond donors (Lipinski definition) is 1. The van der Waals surface area contributed by atoms with Gasteiger partial charge in [0.15, 0.2) is 5.60 Å². The van der Waals surface area contributed by atoms with Gasteiger partial charge >= 0.3 is 5.25 Å². The minimum absolute atomic E-state index is 0.0508. The van der Waals surface area contributed by atoms with Crippen molar-refractivity contribution in [1.29, 1.82) is 0 Å². The number of nitrogens with zero attached hydrogens (tertiary/aromatic N) is 3. The Bertz CT molecular complexity index is 1090. The number of rotatable bonds is 7. The molecule has 3 aromatic rings. The van der Waals surface area contributed by atoms with Crippen LogP contribution < -0.4 is 0 Å². The third-order valence-corrected chi connectivity index (χ3v) is 6.14. The molecule has 1 atom stereocenters. The Kier molecular flexibility index (Phi) is 5.46. The quantitative estimate of drug-likeness (QED) is 0.584. The minimum atomic E-state index is -5.35. The zero-order chi connectivity index (χ0) is 21.3. The van der Waals surface area contributed by atoms with E-state index in [0.717, 1.165) is 17.3 Å². The average Bonchev–Trinajstić information content (AvgIpc) is 3.14. The van der Waals surface area contributed by atoms with Gasteiger partial charge in [0, 0.05) is 11.6 Å². The average molecular weight is 429 g/mol. The van der Waals surface area contributed by atoms with E-state index in [4.69, 9.17) is 0 Å². The van der Waals surface area contributed by atoms with Crippen molar-refractivity contribution in [3.05, 3.63) is 83.9 Å². The molecule has 0 saturated carbocycles.